The van der Waals surface area contributed by atoms with Gasteiger partial charge in [-0.2, -0.15) is 0 Å². The quantitative estimate of drug-likeness (QED) is 0.598. The Balaban J connectivity index is 1.43. The van der Waals surface area contributed by atoms with Crippen molar-refractivity contribution >= 4 is 34.1 Å². The standard InChI is InChI=1S/C21H25N7OS/c1-15-9-10-22-19(13-15)25-18-8-6-7-16(24-18)17-14-23-21(30-17)27(2)26-20(29)28-11-4-3-5-12-28/h6-10,13-14H,3-5,11-12H2,1-2H3,(H,26,29)(H,22,24,25). The van der Waals surface area contributed by atoms with Crippen LogP contribution in [0.2, 0.25) is 0 Å². The van der Waals surface area contributed by atoms with Crippen LogP contribution in [-0.4, -0.2) is 46.0 Å². The number of rotatable bonds is 5. The molecule has 2 N–H and O–H groups in total. The summed E-state index contributed by atoms with van der Waals surface area (Å²) in [6.45, 7) is 3.64. The van der Waals surface area contributed by atoms with Crippen LogP contribution in [0.5, 0.6) is 0 Å². The second-order valence-electron chi connectivity index (χ2n) is 7.28. The highest BCUT2D eigenvalue weighted by Gasteiger charge is 2.19. The van der Waals surface area contributed by atoms with Gasteiger partial charge in [0.25, 0.3) is 0 Å². The molecule has 0 bridgehead atoms. The average molecular weight is 424 g/mol. The smallest absolute Gasteiger partial charge is 0.325 e. The minimum Gasteiger partial charge on any atom is -0.325 e. The summed E-state index contributed by atoms with van der Waals surface area (Å²) in [5, 5.41) is 5.61. The van der Waals surface area contributed by atoms with E-state index in [-0.39, 0.29) is 6.03 Å². The number of likely N-dealkylation sites (tertiary alicyclic amines) is 1. The average Bonchev–Trinajstić information content (AvgIpc) is 3.25. The number of aryl methyl sites for hydroxylation is 1. The number of piperidine rings is 1. The largest absolute Gasteiger partial charge is 0.336 e. The molecule has 0 saturated carbocycles. The minimum atomic E-state index is -0.0797. The van der Waals surface area contributed by atoms with E-state index < -0.39 is 0 Å². The molecule has 1 fully saturated rings. The second-order valence-corrected chi connectivity index (χ2v) is 8.29. The lowest BCUT2D eigenvalue weighted by molar-refractivity contribution is 0.186. The van der Waals surface area contributed by atoms with Crippen molar-refractivity contribution in [1.29, 1.82) is 0 Å². The Morgan fingerprint density at radius 2 is 1.97 bits per heavy atom. The van der Waals surface area contributed by atoms with E-state index in [9.17, 15) is 4.79 Å². The van der Waals surface area contributed by atoms with Crippen LogP contribution >= 0.6 is 11.3 Å². The third-order valence-corrected chi connectivity index (χ3v) is 5.96. The molecule has 4 heterocycles. The van der Waals surface area contributed by atoms with Crippen molar-refractivity contribution in [2.75, 3.05) is 30.5 Å². The molecule has 1 aliphatic heterocycles. The molecule has 0 unspecified atom stereocenters. The number of nitrogens with one attached hydrogen (secondary N) is 2. The number of carbonyl (C=O) groups is 1. The van der Waals surface area contributed by atoms with E-state index in [4.69, 9.17) is 0 Å². The molecule has 9 heteroatoms. The van der Waals surface area contributed by atoms with Gasteiger partial charge >= 0.3 is 6.03 Å². The van der Waals surface area contributed by atoms with Crippen LogP contribution in [-0.2, 0) is 0 Å². The molecule has 156 valence electrons. The van der Waals surface area contributed by atoms with Gasteiger partial charge in [0, 0.05) is 32.5 Å². The van der Waals surface area contributed by atoms with E-state index >= 15 is 0 Å². The first kappa shape index (κ1) is 20.1. The number of urea groups is 1. The summed E-state index contributed by atoms with van der Waals surface area (Å²) in [4.78, 5) is 28.7. The van der Waals surface area contributed by atoms with E-state index in [0.717, 1.165) is 47.9 Å². The summed E-state index contributed by atoms with van der Waals surface area (Å²) in [6, 6.07) is 9.64. The third kappa shape index (κ3) is 4.85. The van der Waals surface area contributed by atoms with Gasteiger partial charge in [-0.05, 0) is 56.0 Å². The number of amides is 2. The minimum absolute atomic E-state index is 0.0797. The topological polar surface area (TPSA) is 86.3 Å². The summed E-state index contributed by atoms with van der Waals surface area (Å²) in [6.07, 6.45) is 6.86. The molecule has 0 aromatic carbocycles. The summed E-state index contributed by atoms with van der Waals surface area (Å²) < 4.78 is 0. The predicted octanol–water partition coefficient (Wildman–Crippen LogP) is 4.20. The van der Waals surface area contributed by atoms with E-state index in [1.54, 1.807) is 24.5 Å². The Hall–Kier alpha value is -3.20. The normalized spacial score (nSPS) is 13.7. The first-order valence-corrected chi connectivity index (χ1v) is 10.8. The summed E-state index contributed by atoms with van der Waals surface area (Å²) in [7, 11) is 1.80. The fourth-order valence-corrected chi connectivity index (χ4v) is 4.08. The molecule has 1 aliphatic rings. The van der Waals surface area contributed by atoms with Gasteiger partial charge in [-0.25, -0.2) is 25.2 Å². The Morgan fingerprint density at radius 3 is 2.77 bits per heavy atom. The summed E-state index contributed by atoms with van der Waals surface area (Å²) in [5.41, 5.74) is 4.85. The van der Waals surface area contributed by atoms with E-state index in [2.05, 4.69) is 25.7 Å². The van der Waals surface area contributed by atoms with Crippen LogP contribution in [0.15, 0.2) is 42.7 Å². The van der Waals surface area contributed by atoms with Crippen molar-refractivity contribution in [3.8, 4) is 10.6 Å². The zero-order chi connectivity index (χ0) is 20.9. The number of anilines is 3. The molecule has 30 heavy (non-hydrogen) atoms. The molecule has 0 radical (unpaired) electrons. The zero-order valence-corrected chi connectivity index (χ0v) is 17.9. The molecular weight excluding hydrogens is 398 g/mol. The Morgan fingerprint density at radius 1 is 1.13 bits per heavy atom. The number of nitrogens with zero attached hydrogens (tertiary/aromatic N) is 5. The second kappa shape index (κ2) is 9.08. The molecule has 2 amide bonds. The van der Waals surface area contributed by atoms with Crippen molar-refractivity contribution in [3.05, 3.63) is 48.3 Å². The number of hydrogen-bond acceptors (Lipinski definition) is 7. The first-order chi connectivity index (χ1) is 14.6. The maximum absolute atomic E-state index is 12.4. The summed E-state index contributed by atoms with van der Waals surface area (Å²) >= 11 is 1.48. The van der Waals surface area contributed by atoms with Crippen LogP contribution in [0.25, 0.3) is 10.6 Å². The lowest BCUT2D eigenvalue weighted by Crippen LogP contribution is -2.49. The number of pyridine rings is 2. The van der Waals surface area contributed by atoms with Crippen molar-refractivity contribution in [1.82, 2.24) is 25.3 Å². The van der Waals surface area contributed by atoms with Crippen molar-refractivity contribution in [3.63, 3.8) is 0 Å². The fourth-order valence-electron chi connectivity index (χ4n) is 3.27. The monoisotopic (exact) mass is 423 g/mol. The van der Waals surface area contributed by atoms with E-state index in [1.807, 2.05) is 42.2 Å². The number of carbonyl (C=O) groups excluding carboxylic acids is 1. The van der Waals surface area contributed by atoms with Gasteiger partial charge in [-0.15, -0.1) is 0 Å². The Labute approximate surface area is 180 Å². The molecule has 0 spiro atoms. The van der Waals surface area contributed by atoms with Crippen LogP contribution in [0.4, 0.5) is 21.6 Å². The molecule has 4 rings (SSSR count). The van der Waals surface area contributed by atoms with Gasteiger partial charge in [0.15, 0.2) is 0 Å². The SMILES string of the molecule is Cc1ccnc(Nc2cccc(-c3cnc(N(C)NC(=O)N4CCCCC4)s3)n2)c1. The highest BCUT2D eigenvalue weighted by Crippen LogP contribution is 2.30. The fraction of sp³-hybridized carbons (Fsp3) is 0.333. The van der Waals surface area contributed by atoms with Crippen molar-refractivity contribution < 1.29 is 4.79 Å². The maximum atomic E-state index is 12.4. The van der Waals surface area contributed by atoms with Gasteiger partial charge in [-0.3, -0.25) is 5.01 Å². The highest BCUT2D eigenvalue weighted by atomic mass is 32.1. The Kier molecular flexibility index (Phi) is 6.08. The van der Waals surface area contributed by atoms with Gasteiger partial charge in [0.2, 0.25) is 5.13 Å². The molecule has 1 saturated heterocycles. The van der Waals surface area contributed by atoms with Crippen LogP contribution in [0.3, 0.4) is 0 Å². The highest BCUT2D eigenvalue weighted by molar-refractivity contribution is 7.18. The van der Waals surface area contributed by atoms with Crippen LogP contribution < -0.4 is 15.8 Å². The van der Waals surface area contributed by atoms with Crippen LogP contribution in [0.1, 0.15) is 24.8 Å². The molecular formula is C21H25N7OS. The lowest BCUT2D eigenvalue weighted by Gasteiger charge is -2.29. The van der Waals surface area contributed by atoms with Crippen molar-refractivity contribution in [2.45, 2.75) is 26.2 Å². The van der Waals surface area contributed by atoms with Crippen LogP contribution in [0, 0.1) is 6.92 Å². The molecule has 3 aromatic rings. The lowest BCUT2D eigenvalue weighted by atomic mass is 10.1. The first-order valence-electron chi connectivity index (χ1n) is 10.0. The third-order valence-electron chi connectivity index (χ3n) is 4.86. The number of aromatic nitrogens is 3. The van der Waals surface area contributed by atoms with Gasteiger partial charge < -0.3 is 10.2 Å². The molecule has 3 aromatic heterocycles. The van der Waals surface area contributed by atoms with Gasteiger partial charge in [0.1, 0.15) is 11.6 Å². The van der Waals surface area contributed by atoms with Crippen molar-refractivity contribution in [2.24, 2.45) is 0 Å². The molecule has 8 nitrogen and oxygen atoms in total. The Bertz CT molecular complexity index is 1020. The zero-order valence-electron chi connectivity index (χ0n) is 17.1. The van der Waals surface area contributed by atoms with E-state index in [1.165, 1.54) is 17.8 Å². The predicted molar refractivity (Wildman–Crippen MR) is 120 cm³/mol. The van der Waals surface area contributed by atoms with E-state index in [0.29, 0.717) is 10.9 Å². The number of thiazole rings is 1. The van der Waals surface area contributed by atoms with Gasteiger partial charge in [-0.1, -0.05) is 17.4 Å². The van der Waals surface area contributed by atoms with Gasteiger partial charge in [0.05, 0.1) is 10.6 Å². The number of hydrogen-bond donors (Lipinski definition) is 2. The molecule has 0 atom stereocenters. The summed E-state index contributed by atoms with van der Waals surface area (Å²) in [5.74, 6) is 1.47. The maximum Gasteiger partial charge on any atom is 0.336 e. The molecule has 0 aliphatic carbocycles. The number of hydrazine groups is 1.